The zero-order valence-electron chi connectivity index (χ0n) is 43.4. The molecule has 0 saturated heterocycles. The Morgan fingerprint density at radius 3 is 1.05 bits per heavy atom. The van der Waals surface area contributed by atoms with Gasteiger partial charge >= 0.3 is 0 Å². The van der Waals surface area contributed by atoms with E-state index in [4.69, 9.17) is 9.97 Å². The molecule has 366 valence electrons. The lowest BCUT2D eigenvalue weighted by molar-refractivity contribution is 0.284. The Morgan fingerprint density at radius 2 is 0.711 bits per heavy atom. The molecule has 0 N–H and O–H groups in total. The number of nitrogens with zero attached hydrogens (tertiary/aromatic N) is 4. The molecule has 0 radical (unpaired) electrons. The van der Waals surface area contributed by atoms with Crippen LogP contribution in [0.2, 0.25) is 0 Å². The topological polar surface area (TPSA) is 34.6 Å². The van der Waals surface area contributed by atoms with E-state index in [0.29, 0.717) is 0 Å². The highest BCUT2D eigenvalue weighted by Crippen LogP contribution is 2.61. The van der Waals surface area contributed by atoms with E-state index in [-0.39, 0.29) is 34.5 Å². The molecule has 0 amide bonds. The van der Waals surface area contributed by atoms with Crippen molar-refractivity contribution in [3.8, 4) is 0 Å². The van der Waals surface area contributed by atoms with E-state index >= 15 is 0 Å². The highest BCUT2D eigenvalue weighted by molar-refractivity contribution is 6.30. The molecule has 8 aliphatic rings. The van der Waals surface area contributed by atoms with Gasteiger partial charge in [0.25, 0.3) is 0 Å². The predicted octanol–water partition coefficient (Wildman–Crippen LogP) is 18.0. The van der Waals surface area contributed by atoms with Crippen molar-refractivity contribution in [2.45, 2.75) is 125 Å². The summed E-state index contributed by atoms with van der Waals surface area (Å²) in [5, 5.41) is 11.2. The first-order chi connectivity index (χ1) is 37.6. The predicted molar refractivity (Wildman–Crippen MR) is 311 cm³/mol. The first-order valence-electron chi connectivity index (χ1n) is 29.2. The molecule has 0 aliphatic heterocycles. The van der Waals surface area contributed by atoms with Gasteiger partial charge in [-0.15, -0.1) is 0 Å². The largest absolute Gasteiger partial charge is 0.306 e. The number of fused-ring (bicyclic) bond motifs is 12. The van der Waals surface area contributed by atoms with Crippen molar-refractivity contribution in [2.24, 2.45) is 0 Å². The van der Waals surface area contributed by atoms with Crippen LogP contribution in [0, 0.1) is 0 Å². The van der Waals surface area contributed by atoms with Crippen molar-refractivity contribution >= 4 is 76.2 Å². The van der Waals surface area contributed by atoms with Crippen LogP contribution < -0.4 is 0 Å². The van der Waals surface area contributed by atoms with Crippen molar-refractivity contribution in [2.75, 3.05) is 0 Å². The Labute approximate surface area is 442 Å². The van der Waals surface area contributed by atoms with E-state index in [9.17, 15) is 0 Å². The third kappa shape index (κ3) is 4.76. The molecule has 4 heteroatoms. The van der Waals surface area contributed by atoms with Crippen molar-refractivity contribution in [1.82, 2.24) is 18.8 Å². The number of aromatic nitrogens is 4. The Balaban J connectivity index is 0.960. The van der Waals surface area contributed by atoms with Gasteiger partial charge in [-0.25, -0.2) is 0 Å². The molecule has 0 atom stereocenters. The minimum atomic E-state index is 0.131. The van der Waals surface area contributed by atoms with E-state index < -0.39 is 0 Å². The van der Waals surface area contributed by atoms with E-state index in [2.05, 4.69) is 169 Å². The Kier molecular flexibility index (Phi) is 7.82. The van der Waals surface area contributed by atoms with Crippen molar-refractivity contribution in [3.63, 3.8) is 0 Å². The molecule has 0 spiro atoms. The van der Waals surface area contributed by atoms with Crippen LogP contribution in [-0.4, -0.2) is 18.8 Å². The maximum Gasteiger partial charge on any atom is 0.0728 e. The zero-order chi connectivity index (χ0) is 49.5. The molecule has 13 aromatic rings. The van der Waals surface area contributed by atoms with Gasteiger partial charge in [-0.2, -0.15) is 0 Å². The minimum absolute atomic E-state index is 0.131. The maximum absolute atomic E-state index is 5.66. The fourth-order valence-electron chi connectivity index (χ4n) is 18.5. The van der Waals surface area contributed by atoms with Gasteiger partial charge in [0.15, 0.2) is 0 Å². The Bertz CT molecular complexity index is 4330. The van der Waals surface area contributed by atoms with Crippen molar-refractivity contribution in [3.05, 3.63) is 224 Å². The monoisotopic (exact) mass is 978 g/mol. The molecule has 6 heterocycles. The fraction of sp³-hybridized carbons (Fsp3) is 0.278. The third-order valence-corrected chi connectivity index (χ3v) is 21.9. The van der Waals surface area contributed by atoms with Gasteiger partial charge in [0.2, 0.25) is 0 Å². The maximum atomic E-state index is 5.66. The average molecular weight is 979 g/mol. The van der Waals surface area contributed by atoms with Crippen molar-refractivity contribution < 1.29 is 0 Å². The molecular weight excluding hydrogens is 921 g/mol. The van der Waals surface area contributed by atoms with Crippen LogP contribution in [0.25, 0.3) is 76.2 Å². The van der Waals surface area contributed by atoms with Gasteiger partial charge in [-0.1, -0.05) is 149 Å². The summed E-state index contributed by atoms with van der Waals surface area (Å²) >= 11 is 0. The summed E-state index contributed by atoms with van der Waals surface area (Å²) in [5.41, 5.74) is 28.2. The normalized spacial score (nSPS) is 21.6. The summed E-state index contributed by atoms with van der Waals surface area (Å²) < 4.78 is 5.36. The lowest BCUT2D eigenvalue weighted by atomic mass is 9.62. The van der Waals surface area contributed by atoms with Crippen LogP contribution in [0.4, 0.5) is 0 Å². The van der Waals surface area contributed by atoms with E-state index in [0.717, 1.165) is 12.8 Å². The molecule has 76 heavy (non-hydrogen) atoms. The number of benzene rings is 7. The lowest BCUT2D eigenvalue weighted by Gasteiger charge is -2.41. The third-order valence-electron chi connectivity index (χ3n) is 21.9. The second-order valence-electron chi connectivity index (χ2n) is 24.7. The summed E-state index contributed by atoms with van der Waals surface area (Å²) in [7, 11) is 0. The van der Waals surface area contributed by atoms with Gasteiger partial charge in [-0.3, -0.25) is 9.97 Å². The first-order valence-corrected chi connectivity index (χ1v) is 29.2. The summed E-state index contributed by atoms with van der Waals surface area (Å²) in [6, 6.07) is 53.2. The fourth-order valence-corrected chi connectivity index (χ4v) is 18.5. The second-order valence-corrected chi connectivity index (χ2v) is 24.7. The summed E-state index contributed by atoms with van der Waals surface area (Å²) in [6.45, 7) is 4.94. The van der Waals surface area contributed by atoms with E-state index in [1.165, 1.54) is 207 Å². The number of pyridine rings is 2. The highest BCUT2D eigenvalue weighted by Gasteiger charge is 2.47. The van der Waals surface area contributed by atoms with Gasteiger partial charge in [-0.05, 0) is 153 Å². The van der Waals surface area contributed by atoms with E-state index in [1.54, 1.807) is 11.1 Å². The van der Waals surface area contributed by atoms with Gasteiger partial charge in [0.1, 0.15) is 0 Å². The van der Waals surface area contributed by atoms with Gasteiger partial charge in [0.05, 0.1) is 68.7 Å². The minimum Gasteiger partial charge on any atom is -0.306 e. The SMILES string of the molecule is CCC1(c2cc3c4cc5c(cc4n4c6cnc7c(c6c(c2)c34)C2c3ccccc3C7c3ccccc32)c2cc(C3(CC)CCCCC3)cc3c4c6c(ncc4n5c23)C2c3ccccc3C6c3ccccc32)CCCCC1. The number of hydrogen-bond acceptors (Lipinski definition) is 2. The summed E-state index contributed by atoms with van der Waals surface area (Å²) in [5.74, 6) is 0.541. The number of rotatable bonds is 4. The Morgan fingerprint density at radius 1 is 0.382 bits per heavy atom. The van der Waals surface area contributed by atoms with Crippen LogP contribution >= 0.6 is 0 Å². The molecule has 4 nitrogen and oxygen atoms in total. The quantitative estimate of drug-likeness (QED) is 0.176. The highest BCUT2D eigenvalue weighted by atomic mass is 15.0. The van der Waals surface area contributed by atoms with Crippen LogP contribution in [0.1, 0.15) is 193 Å². The Hall–Kier alpha value is -7.56. The lowest BCUT2D eigenvalue weighted by Crippen LogP contribution is -2.28. The smallest absolute Gasteiger partial charge is 0.0728 e. The first kappa shape index (κ1) is 41.7. The number of hydrogen-bond donors (Lipinski definition) is 0. The average Bonchev–Trinajstić information content (AvgIpc) is 3.93. The van der Waals surface area contributed by atoms with Crippen LogP contribution in [0.5, 0.6) is 0 Å². The standard InChI is InChI=1S/C72H58N4/c1-3-71(27-15-5-16-28-71)39-31-51-49-35-56-50(36-55(49)75-57-37-73-67-61-45-23-11-7-19-41(45)59(42-20-8-12-24-46(42)61)65(67)63(57)53(33-39)69(51)75)52-32-40(72(4-2)29-17-6-18-30-72)34-54-64-58(76(56)70(52)54)38-74-68-62-47-25-13-9-21-43(47)60(66(64)68)44-22-10-14-26-48(44)62/h7-14,19-26,31-38,59-62H,3-6,15-18,27-30H2,1-2H3. The van der Waals surface area contributed by atoms with Crippen LogP contribution in [-0.2, 0) is 10.8 Å². The molecule has 7 aromatic carbocycles. The van der Waals surface area contributed by atoms with Crippen molar-refractivity contribution in [1.29, 1.82) is 0 Å². The molecular formula is C72H58N4. The van der Waals surface area contributed by atoms with Gasteiger partial charge < -0.3 is 8.80 Å². The molecule has 6 aromatic heterocycles. The van der Waals surface area contributed by atoms with E-state index in [1.807, 2.05) is 0 Å². The zero-order valence-corrected chi connectivity index (χ0v) is 43.4. The van der Waals surface area contributed by atoms with Gasteiger partial charge in [0, 0.05) is 54.9 Å². The summed E-state index contributed by atoms with van der Waals surface area (Å²) in [4.78, 5) is 11.3. The summed E-state index contributed by atoms with van der Waals surface area (Å²) in [6.07, 6.45) is 19.8. The molecule has 2 fully saturated rings. The molecule has 8 aliphatic carbocycles. The van der Waals surface area contributed by atoms with Crippen LogP contribution in [0.15, 0.2) is 146 Å². The molecule has 21 rings (SSSR count). The molecule has 0 unspecified atom stereocenters. The molecule has 2 saturated carbocycles. The molecule has 4 bridgehead atoms. The second kappa shape index (κ2) is 14.3. The van der Waals surface area contributed by atoms with Crippen LogP contribution in [0.3, 0.4) is 0 Å².